The van der Waals surface area contributed by atoms with Crippen molar-refractivity contribution in [2.45, 2.75) is 51.1 Å². The summed E-state index contributed by atoms with van der Waals surface area (Å²) in [5.74, 6) is 1.01. The van der Waals surface area contributed by atoms with Crippen LogP contribution >= 0.6 is 0 Å². The molecular weight excluding hydrogens is 254 g/mol. The molecule has 2 saturated heterocycles. The molecule has 3 aliphatic rings. The Morgan fingerprint density at radius 3 is 2.75 bits per heavy atom. The summed E-state index contributed by atoms with van der Waals surface area (Å²) < 4.78 is 0. The van der Waals surface area contributed by atoms with E-state index in [2.05, 4.69) is 12.2 Å². The number of carbonyl (C=O) groups is 2. The van der Waals surface area contributed by atoms with E-state index in [0.717, 1.165) is 32.4 Å². The highest BCUT2D eigenvalue weighted by atomic mass is 16.2. The van der Waals surface area contributed by atoms with Crippen molar-refractivity contribution in [2.75, 3.05) is 26.2 Å². The van der Waals surface area contributed by atoms with Gasteiger partial charge in [-0.25, -0.2) is 0 Å². The molecule has 5 heteroatoms. The van der Waals surface area contributed by atoms with Crippen molar-refractivity contribution in [3.8, 4) is 0 Å². The Balaban J connectivity index is 1.66. The highest BCUT2D eigenvalue weighted by Gasteiger charge is 2.42. The van der Waals surface area contributed by atoms with E-state index in [0.29, 0.717) is 18.5 Å². The minimum Gasteiger partial charge on any atom is -0.330 e. The maximum Gasteiger partial charge on any atom is 0.245 e. The Morgan fingerprint density at radius 1 is 1.25 bits per heavy atom. The molecular formula is C15H25N3O2. The molecule has 1 aliphatic carbocycles. The SMILES string of the molecule is CCNC(CN1CC(=O)N2CCCCC2C1=O)C1CC1. The van der Waals surface area contributed by atoms with Crippen LogP contribution in [0.4, 0.5) is 0 Å². The summed E-state index contributed by atoms with van der Waals surface area (Å²) in [4.78, 5) is 28.4. The maximum atomic E-state index is 12.6. The number of nitrogens with zero attached hydrogens (tertiary/aromatic N) is 2. The fourth-order valence-electron chi connectivity index (χ4n) is 3.56. The summed E-state index contributed by atoms with van der Waals surface area (Å²) in [5, 5.41) is 3.48. The highest BCUT2D eigenvalue weighted by Crippen LogP contribution is 2.33. The first-order chi connectivity index (χ1) is 9.70. The van der Waals surface area contributed by atoms with Crippen LogP contribution in [0, 0.1) is 5.92 Å². The van der Waals surface area contributed by atoms with Crippen molar-refractivity contribution < 1.29 is 9.59 Å². The molecule has 2 atom stereocenters. The Hall–Kier alpha value is -1.10. The normalized spacial score (nSPS) is 28.6. The third-order valence-electron chi connectivity index (χ3n) is 4.82. The number of hydrogen-bond acceptors (Lipinski definition) is 3. The lowest BCUT2D eigenvalue weighted by Gasteiger charge is -2.43. The summed E-state index contributed by atoms with van der Waals surface area (Å²) in [5.41, 5.74) is 0. The van der Waals surface area contributed by atoms with Gasteiger partial charge in [0.1, 0.15) is 6.04 Å². The van der Waals surface area contributed by atoms with Crippen LogP contribution < -0.4 is 5.32 Å². The molecule has 2 unspecified atom stereocenters. The third kappa shape index (κ3) is 2.68. The van der Waals surface area contributed by atoms with Crippen LogP contribution in [0.2, 0.25) is 0 Å². The van der Waals surface area contributed by atoms with Gasteiger partial charge in [0, 0.05) is 19.1 Å². The number of hydrogen-bond donors (Lipinski definition) is 1. The lowest BCUT2D eigenvalue weighted by Crippen LogP contribution is -2.63. The number of piperazine rings is 1. The number of likely N-dealkylation sites (N-methyl/N-ethyl adjacent to an activating group) is 1. The van der Waals surface area contributed by atoms with E-state index in [1.54, 1.807) is 4.90 Å². The molecule has 5 nitrogen and oxygen atoms in total. The van der Waals surface area contributed by atoms with Gasteiger partial charge < -0.3 is 15.1 Å². The largest absolute Gasteiger partial charge is 0.330 e. The van der Waals surface area contributed by atoms with Crippen LogP contribution in [0.15, 0.2) is 0 Å². The van der Waals surface area contributed by atoms with Crippen molar-refractivity contribution in [3.63, 3.8) is 0 Å². The van der Waals surface area contributed by atoms with Gasteiger partial charge in [0.2, 0.25) is 11.8 Å². The van der Waals surface area contributed by atoms with Crippen LogP contribution in [0.1, 0.15) is 39.0 Å². The molecule has 112 valence electrons. The second-order valence-electron chi connectivity index (χ2n) is 6.32. The van der Waals surface area contributed by atoms with E-state index in [4.69, 9.17) is 0 Å². The average molecular weight is 279 g/mol. The highest BCUT2D eigenvalue weighted by molar-refractivity contribution is 5.95. The predicted octanol–water partition coefficient (Wildman–Crippen LogP) is 0.598. The Bertz CT molecular complexity index is 395. The van der Waals surface area contributed by atoms with Crippen LogP contribution in [0.5, 0.6) is 0 Å². The van der Waals surface area contributed by atoms with Crippen molar-refractivity contribution in [2.24, 2.45) is 5.92 Å². The van der Waals surface area contributed by atoms with E-state index in [-0.39, 0.29) is 24.4 Å². The van der Waals surface area contributed by atoms with Crippen LogP contribution in [0.25, 0.3) is 0 Å². The minimum absolute atomic E-state index is 0.139. The van der Waals surface area contributed by atoms with E-state index in [1.807, 2.05) is 4.90 Å². The van der Waals surface area contributed by atoms with Crippen molar-refractivity contribution in [3.05, 3.63) is 0 Å². The van der Waals surface area contributed by atoms with Gasteiger partial charge in [-0.1, -0.05) is 6.92 Å². The van der Waals surface area contributed by atoms with Gasteiger partial charge in [0.05, 0.1) is 6.54 Å². The third-order valence-corrected chi connectivity index (χ3v) is 4.82. The number of rotatable bonds is 5. The summed E-state index contributed by atoms with van der Waals surface area (Å²) in [7, 11) is 0. The number of amides is 2. The van der Waals surface area contributed by atoms with Gasteiger partial charge in [0.25, 0.3) is 0 Å². The first kappa shape index (κ1) is 13.9. The van der Waals surface area contributed by atoms with Crippen molar-refractivity contribution >= 4 is 11.8 Å². The van der Waals surface area contributed by atoms with Gasteiger partial charge in [-0.3, -0.25) is 9.59 Å². The minimum atomic E-state index is -0.175. The molecule has 0 radical (unpaired) electrons. The van der Waals surface area contributed by atoms with Gasteiger partial charge in [-0.2, -0.15) is 0 Å². The fourth-order valence-corrected chi connectivity index (χ4v) is 3.56. The molecule has 0 aromatic rings. The Morgan fingerprint density at radius 2 is 2.05 bits per heavy atom. The van der Waals surface area contributed by atoms with Crippen LogP contribution in [-0.2, 0) is 9.59 Å². The second kappa shape index (κ2) is 5.72. The number of carbonyl (C=O) groups excluding carboxylic acids is 2. The monoisotopic (exact) mass is 279 g/mol. The van der Waals surface area contributed by atoms with E-state index in [9.17, 15) is 9.59 Å². The van der Waals surface area contributed by atoms with Gasteiger partial charge in [-0.15, -0.1) is 0 Å². The first-order valence-corrected chi connectivity index (χ1v) is 8.02. The van der Waals surface area contributed by atoms with E-state index in [1.165, 1.54) is 12.8 Å². The van der Waals surface area contributed by atoms with Gasteiger partial charge >= 0.3 is 0 Å². The molecule has 1 saturated carbocycles. The summed E-state index contributed by atoms with van der Waals surface area (Å²) in [6.45, 7) is 4.77. The standard InChI is InChI=1S/C15H25N3O2/c1-2-16-12(11-6-7-11)9-17-10-14(19)18-8-4-3-5-13(18)15(17)20/h11-13,16H,2-10H2,1H3. The molecule has 0 aromatic heterocycles. The topological polar surface area (TPSA) is 52.7 Å². The molecule has 20 heavy (non-hydrogen) atoms. The number of fused-ring (bicyclic) bond motifs is 1. The van der Waals surface area contributed by atoms with Gasteiger partial charge in [0.15, 0.2) is 0 Å². The zero-order valence-corrected chi connectivity index (χ0v) is 12.3. The van der Waals surface area contributed by atoms with E-state index < -0.39 is 0 Å². The summed E-state index contributed by atoms with van der Waals surface area (Å²) in [6, 6.07) is 0.193. The lowest BCUT2D eigenvalue weighted by atomic mass is 9.98. The average Bonchev–Trinajstić information content (AvgIpc) is 3.28. The molecule has 0 aromatic carbocycles. The number of piperidine rings is 1. The summed E-state index contributed by atoms with van der Waals surface area (Å²) in [6.07, 6.45) is 5.45. The molecule has 0 spiro atoms. The van der Waals surface area contributed by atoms with Gasteiger partial charge in [-0.05, 0) is 44.6 Å². The molecule has 2 aliphatic heterocycles. The van der Waals surface area contributed by atoms with E-state index >= 15 is 0 Å². The van der Waals surface area contributed by atoms with Crippen LogP contribution in [-0.4, -0.2) is 59.9 Å². The lowest BCUT2D eigenvalue weighted by molar-refractivity contribution is -0.158. The van der Waals surface area contributed by atoms with Crippen molar-refractivity contribution in [1.29, 1.82) is 0 Å². The second-order valence-corrected chi connectivity index (χ2v) is 6.32. The Kier molecular flexibility index (Phi) is 3.96. The van der Waals surface area contributed by atoms with Crippen LogP contribution in [0.3, 0.4) is 0 Å². The fraction of sp³-hybridized carbons (Fsp3) is 0.867. The first-order valence-electron chi connectivity index (χ1n) is 8.02. The molecule has 3 rings (SSSR count). The zero-order chi connectivity index (χ0) is 14.1. The zero-order valence-electron chi connectivity index (χ0n) is 12.3. The molecule has 1 N–H and O–H groups in total. The molecule has 3 fully saturated rings. The molecule has 0 bridgehead atoms. The number of nitrogens with one attached hydrogen (secondary N) is 1. The van der Waals surface area contributed by atoms with Crippen molar-refractivity contribution in [1.82, 2.24) is 15.1 Å². The predicted molar refractivity (Wildman–Crippen MR) is 76.1 cm³/mol. The maximum absolute atomic E-state index is 12.6. The molecule has 2 amide bonds. The Labute approximate surface area is 120 Å². The quantitative estimate of drug-likeness (QED) is 0.802. The summed E-state index contributed by atoms with van der Waals surface area (Å²) >= 11 is 0. The smallest absolute Gasteiger partial charge is 0.245 e. The molecule has 2 heterocycles.